The lowest BCUT2D eigenvalue weighted by molar-refractivity contribution is 0.570. The number of hydrogen-bond acceptors (Lipinski definition) is 2. The van der Waals surface area contributed by atoms with Crippen LogP contribution in [0, 0.1) is 0 Å². The molecule has 0 bridgehead atoms. The van der Waals surface area contributed by atoms with Crippen LogP contribution in [0.3, 0.4) is 0 Å². The second-order valence-corrected chi connectivity index (χ2v) is 7.73. The molecular weight excluding hydrogens is 262 g/mol. The summed E-state index contributed by atoms with van der Waals surface area (Å²) < 4.78 is 0.314. The van der Waals surface area contributed by atoms with Gasteiger partial charge < -0.3 is 5.32 Å². The van der Waals surface area contributed by atoms with Crippen LogP contribution in [0.1, 0.15) is 33.3 Å². The summed E-state index contributed by atoms with van der Waals surface area (Å²) in [5.74, 6) is 1.11. The zero-order valence-corrected chi connectivity index (χ0v) is 13.4. The predicted octanol–water partition coefficient (Wildman–Crippen LogP) is 4.39. The fraction of sp³-hybridized carbons (Fsp3) is 0.600. The van der Waals surface area contributed by atoms with Crippen molar-refractivity contribution < 1.29 is 0 Å². The van der Waals surface area contributed by atoms with E-state index in [-0.39, 0.29) is 0 Å². The molecule has 0 amide bonds. The van der Waals surface area contributed by atoms with Gasteiger partial charge in [0, 0.05) is 21.6 Å². The Balaban J connectivity index is 2.60. The Morgan fingerprint density at radius 2 is 1.94 bits per heavy atom. The molecule has 1 rings (SSSR count). The summed E-state index contributed by atoms with van der Waals surface area (Å²) in [6.07, 6.45) is 0.997. The Hall–Kier alpha value is -0.180. The molecule has 1 atom stereocenters. The number of rotatable bonds is 6. The van der Waals surface area contributed by atoms with Crippen molar-refractivity contribution in [2.24, 2.45) is 0 Å². The van der Waals surface area contributed by atoms with Gasteiger partial charge in [0.05, 0.1) is 0 Å². The van der Waals surface area contributed by atoms with Crippen LogP contribution in [0.15, 0.2) is 24.3 Å². The molecule has 0 aliphatic heterocycles. The first-order chi connectivity index (χ1) is 8.42. The van der Waals surface area contributed by atoms with Crippen molar-refractivity contribution in [2.75, 3.05) is 12.3 Å². The first kappa shape index (κ1) is 15.9. The molecule has 0 heterocycles. The van der Waals surface area contributed by atoms with Gasteiger partial charge in [-0.3, -0.25) is 0 Å². The molecule has 18 heavy (non-hydrogen) atoms. The number of nitrogens with one attached hydrogen (secondary N) is 1. The number of hydrogen-bond donors (Lipinski definition) is 1. The van der Waals surface area contributed by atoms with Crippen molar-refractivity contribution >= 4 is 23.4 Å². The molecule has 0 radical (unpaired) electrons. The maximum absolute atomic E-state index is 6.22. The van der Waals surface area contributed by atoms with Gasteiger partial charge in [-0.2, -0.15) is 11.8 Å². The maximum atomic E-state index is 6.22. The first-order valence-corrected chi connectivity index (χ1v) is 7.89. The zero-order valence-electron chi connectivity index (χ0n) is 11.8. The van der Waals surface area contributed by atoms with E-state index in [4.69, 9.17) is 11.6 Å². The van der Waals surface area contributed by atoms with Gasteiger partial charge in [0.1, 0.15) is 0 Å². The summed E-state index contributed by atoms with van der Waals surface area (Å²) >= 11 is 8.23. The number of thioether (sulfide) groups is 1. The minimum Gasteiger partial charge on any atom is -0.313 e. The molecule has 0 saturated heterocycles. The van der Waals surface area contributed by atoms with E-state index in [1.807, 2.05) is 23.9 Å². The van der Waals surface area contributed by atoms with Crippen molar-refractivity contribution in [3.05, 3.63) is 34.9 Å². The van der Waals surface area contributed by atoms with Crippen molar-refractivity contribution in [1.29, 1.82) is 0 Å². The molecule has 0 spiro atoms. The summed E-state index contributed by atoms with van der Waals surface area (Å²) in [5, 5.41) is 4.43. The molecule has 0 fully saturated rings. The molecule has 1 unspecified atom stereocenters. The molecule has 102 valence electrons. The Morgan fingerprint density at radius 1 is 1.28 bits per heavy atom. The van der Waals surface area contributed by atoms with E-state index in [0.717, 1.165) is 23.7 Å². The number of benzene rings is 1. The topological polar surface area (TPSA) is 12.0 Å². The molecule has 0 aliphatic carbocycles. The molecule has 1 aromatic rings. The van der Waals surface area contributed by atoms with Gasteiger partial charge >= 0.3 is 0 Å². The minimum atomic E-state index is 0.314. The largest absolute Gasteiger partial charge is 0.313 e. The molecule has 1 N–H and O–H groups in total. The van der Waals surface area contributed by atoms with Crippen molar-refractivity contribution in [1.82, 2.24) is 5.32 Å². The lowest BCUT2D eigenvalue weighted by atomic mass is 10.1. The van der Waals surface area contributed by atoms with Crippen LogP contribution in [0.2, 0.25) is 5.02 Å². The molecule has 0 saturated carbocycles. The molecule has 0 aromatic heterocycles. The van der Waals surface area contributed by atoms with Crippen LogP contribution in [0.4, 0.5) is 0 Å². The van der Waals surface area contributed by atoms with E-state index in [2.05, 4.69) is 45.1 Å². The minimum absolute atomic E-state index is 0.314. The fourth-order valence-electron chi connectivity index (χ4n) is 1.76. The van der Waals surface area contributed by atoms with Crippen LogP contribution in [0.5, 0.6) is 0 Å². The fourth-order valence-corrected chi connectivity index (χ4v) is 2.91. The molecule has 1 aromatic carbocycles. The van der Waals surface area contributed by atoms with E-state index >= 15 is 0 Å². The smallest absolute Gasteiger partial charge is 0.0438 e. The van der Waals surface area contributed by atoms with Gasteiger partial charge in [0.2, 0.25) is 0 Å². The number of likely N-dealkylation sites (N-methyl/N-ethyl adjacent to an activating group) is 1. The molecule has 0 aliphatic rings. The van der Waals surface area contributed by atoms with Crippen LogP contribution >= 0.6 is 23.4 Å². The Kier molecular flexibility index (Phi) is 6.54. The molecular formula is C15H24ClNS. The van der Waals surface area contributed by atoms with Gasteiger partial charge in [-0.05, 0) is 24.6 Å². The van der Waals surface area contributed by atoms with E-state index in [0.29, 0.717) is 10.8 Å². The Labute approximate surface area is 121 Å². The van der Waals surface area contributed by atoms with E-state index in [1.54, 1.807) is 0 Å². The van der Waals surface area contributed by atoms with Crippen molar-refractivity contribution in [3.8, 4) is 0 Å². The van der Waals surface area contributed by atoms with Gasteiger partial charge in [-0.25, -0.2) is 0 Å². The van der Waals surface area contributed by atoms with Crippen LogP contribution < -0.4 is 5.32 Å². The summed E-state index contributed by atoms with van der Waals surface area (Å²) in [4.78, 5) is 0. The van der Waals surface area contributed by atoms with Gasteiger partial charge in [-0.15, -0.1) is 0 Å². The maximum Gasteiger partial charge on any atom is 0.0438 e. The van der Waals surface area contributed by atoms with E-state index in [9.17, 15) is 0 Å². The summed E-state index contributed by atoms with van der Waals surface area (Å²) in [7, 11) is 0. The highest BCUT2D eigenvalue weighted by atomic mass is 35.5. The average Bonchev–Trinajstić information content (AvgIpc) is 2.28. The summed E-state index contributed by atoms with van der Waals surface area (Å²) in [5.41, 5.74) is 1.24. The van der Waals surface area contributed by atoms with Crippen LogP contribution in [0.25, 0.3) is 0 Å². The highest BCUT2D eigenvalue weighted by Crippen LogP contribution is 2.25. The normalized spacial score (nSPS) is 13.6. The average molecular weight is 286 g/mol. The standard InChI is InChI=1S/C15H24ClNS/c1-5-17-13(11-18-15(2,3)4)10-12-8-6-7-9-14(12)16/h6-9,13,17H,5,10-11H2,1-4H3. The second kappa shape index (κ2) is 7.42. The summed E-state index contributed by atoms with van der Waals surface area (Å²) in [6, 6.07) is 8.61. The van der Waals surface area contributed by atoms with Crippen molar-refractivity contribution in [2.45, 2.75) is 44.9 Å². The second-order valence-electron chi connectivity index (χ2n) is 5.47. The quantitative estimate of drug-likeness (QED) is 0.832. The number of halogens is 1. The zero-order chi connectivity index (χ0) is 13.6. The predicted molar refractivity (Wildman–Crippen MR) is 84.8 cm³/mol. The first-order valence-electron chi connectivity index (χ1n) is 6.53. The van der Waals surface area contributed by atoms with E-state index in [1.165, 1.54) is 5.56 Å². The third kappa shape index (κ3) is 6.12. The molecule has 3 heteroatoms. The summed E-state index contributed by atoms with van der Waals surface area (Å²) in [6.45, 7) is 9.93. The molecule has 1 nitrogen and oxygen atoms in total. The van der Waals surface area contributed by atoms with Gasteiger partial charge in [-0.1, -0.05) is 57.5 Å². The van der Waals surface area contributed by atoms with Crippen molar-refractivity contribution in [3.63, 3.8) is 0 Å². The Bertz CT molecular complexity index is 360. The van der Waals surface area contributed by atoms with E-state index < -0.39 is 0 Å². The highest BCUT2D eigenvalue weighted by Gasteiger charge is 2.16. The monoisotopic (exact) mass is 285 g/mol. The lowest BCUT2D eigenvalue weighted by Gasteiger charge is -2.24. The van der Waals surface area contributed by atoms with Gasteiger partial charge in [0.25, 0.3) is 0 Å². The van der Waals surface area contributed by atoms with Gasteiger partial charge in [0.15, 0.2) is 0 Å². The SMILES string of the molecule is CCNC(CSC(C)(C)C)Cc1ccccc1Cl. The third-order valence-corrected chi connectivity index (χ3v) is 4.44. The Morgan fingerprint density at radius 3 is 2.50 bits per heavy atom. The third-order valence-electron chi connectivity index (χ3n) is 2.63. The lowest BCUT2D eigenvalue weighted by Crippen LogP contribution is -2.34. The highest BCUT2D eigenvalue weighted by molar-refractivity contribution is 8.00. The van der Waals surface area contributed by atoms with Crippen LogP contribution in [-0.2, 0) is 6.42 Å². The van der Waals surface area contributed by atoms with Crippen LogP contribution in [-0.4, -0.2) is 23.1 Å².